The van der Waals surface area contributed by atoms with E-state index in [0.717, 1.165) is 80.2 Å². The van der Waals surface area contributed by atoms with Crippen molar-refractivity contribution in [3.05, 3.63) is 210 Å². The molecule has 258 valence electrons. The Balaban J connectivity index is 1.31. The number of benzene rings is 7. The van der Waals surface area contributed by atoms with Crippen LogP contribution in [0, 0.1) is 0 Å². The predicted molar refractivity (Wildman–Crippen MR) is 222 cm³/mol. The molecule has 0 saturated carbocycles. The molecular weight excluding hydrogens is 647 g/mol. The van der Waals surface area contributed by atoms with E-state index in [2.05, 4.69) is 169 Å². The summed E-state index contributed by atoms with van der Waals surface area (Å²) in [5.41, 5.74) is 11.3. The van der Waals surface area contributed by atoms with Gasteiger partial charge in [-0.15, -0.1) is 0 Å². The van der Waals surface area contributed by atoms with E-state index >= 15 is 0 Å². The van der Waals surface area contributed by atoms with E-state index in [1.165, 1.54) is 10.8 Å². The summed E-state index contributed by atoms with van der Waals surface area (Å²) in [5, 5.41) is 2.34. The average Bonchev–Trinajstić information content (AvgIpc) is 3.52. The summed E-state index contributed by atoms with van der Waals surface area (Å²) >= 11 is 0. The van der Waals surface area contributed by atoms with Crippen molar-refractivity contribution in [1.82, 2.24) is 4.57 Å². The molecule has 0 radical (unpaired) electrons. The van der Waals surface area contributed by atoms with E-state index in [1.807, 2.05) is 24.3 Å². The van der Waals surface area contributed by atoms with Crippen LogP contribution in [-0.4, -0.2) is 22.6 Å². The summed E-state index contributed by atoms with van der Waals surface area (Å²) in [6, 6.07) is 63.2. The van der Waals surface area contributed by atoms with Gasteiger partial charge in [0.25, 0.3) is 0 Å². The van der Waals surface area contributed by atoms with Crippen molar-refractivity contribution >= 4 is 44.6 Å². The second-order valence-corrected chi connectivity index (χ2v) is 13.2. The van der Waals surface area contributed by atoms with Gasteiger partial charge in [0.2, 0.25) is 0 Å². The molecule has 0 aliphatic rings. The van der Waals surface area contributed by atoms with Crippen LogP contribution in [0.4, 0.5) is 11.4 Å². The Bertz CT molecular complexity index is 2290. The van der Waals surface area contributed by atoms with Crippen molar-refractivity contribution in [3.8, 4) is 5.75 Å². The molecule has 0 atom stereocenters. The van der Waals surface area contributed by atoms with Gasteiger partial charge >= 0.3 is 0 Å². The molecule has 0 spiro atoms. The first-order valence-electron chi connectivity index (χ1n) is 18.4. The van der Waals surface area contributed by atoms with Crippen molar-refractivity contribution in [2.24, 2.45) is 9.98 Å². The van der Waals surface area contributed by atoms with E-state index in [4.69, 9.17) is 14.7 Å². The van der Waals surface area contributed by atoms with Gasteiger partial charge in [0.15, 0.2) is 0 Å². The van der Waals surface area contributed by atoms with Crippen LogP contribution < -0.4 is 4.74 Å². The van der Waals surface area contributed by atoms with Gasteiger partial charge in [-0.05, 0) is 36.8 Å². The third kappa shape index (κ3) is 7.44. The molecule has 0 fully saturated rings. The number of aliphatic imine (C=N–C) groups is 2. The molecule has 8 aromatic rings. The first-order valence-corrected chi connectivity index (χ1v) is 18.4. The van der Waals surface area contributed by atoms with Crippen molar-refractivity contribution in [1.29, 1.82) is 0 Å². The molecule has 1 aromatic heterocycles. The molecule has 8 rings (SSSR count). The standard InChI is InChI=1S/C49H41N3O/c1-2-3-32-53-47-27-17-16-26-40(47)35-52-45-33-41(50-48(36-18-8-4-9-19-36)37-20-10-5-11-21-37)28-30-43(45)44-31-29-42(34-46(44)52)51-49(38-22-12-6-13-23-38)39-24-14-7-15-25-39/h4-31,33-34H,2-3,32,35H2,1H3. The SMILES string of the molecule is CCCCOc1ccccc1Cn1c2cc(N=C(c3ccccc3)c3ccccc3)ccc2c2ccc(N=C(c3ccccc3)c3ccccc3)cc21. The Morgan fingerprint density at radius 1 is 0.491 bits per heavy atom. The highest BCUT2D eigenvalue weighted by molar-refractivity contribution is 6.16. The van der Waals surface area contributed by atoms with Gasteiger partial charge in [0.1, 0.15) is 5.75 Å². The second-order valence-electron chi connectivity index (χ2n) is 13.2. The number of fused-ring (bicyclic) bond motifs is 3. The number of ether oxygens (including phenoxy) is 1. The summed E-state index contributed by atoms with van der Waals surface area (Å²) in [5.74, 6) is 0.921. The third-order valence-electron chi connectivity index (χ3n) is 9.56. The largest absolute Gasteiger partial charge is 0.493 e. The highest BCUT2D eigenvalue weighted by Crippen LogP contribution is 2.36. The van der Waals surface area contributed by atoms with E-state index in [0.29, 0.717) is 13.2 Å². The molecule has 0 amide bonds. The molecule has 0 saturated heterocycles. The summed E-state index contributed by atoms with van der Waals surface area (Å²) in [6.45, 7) is 3.52. The Hall–Kier alpha value is -6.52. The zero-order valence-electron chi connectivity index (χ0n) is 29.9. The van der Waals surface area contributed by atoms with Crippen LogP contribution in [0.25, 0.3) is 21.8 Å². The molecule has 4 heteroatoms. The van der Waals surface area contributed by atoms with Gasteiger partial charge in [-0.2, -0.15) is 0 Å². The van der Waals surface area contributed by atoms with Crippen molar-refractivity contribution in [3.63, 3.8) is 0 Å². The molecule has 0 aliphatic carbocycles. The molecule has 1 heterocycles. The fraction of sp³-hybridized carbons (Fsp3) is 0.102. The highest BCUT2D eigenvalue weighted by Gasteiger charge is 2.16. The average molecular weight is 688 g/mol. The van der Waals surface area contributed by atoms with Crippen molar-refractivity contribution < 1.29 is 4.74 Å². The van der Waals surface area contributed by atoms with Gasteiger partial charge in [-0.1, -0.05) is 165 Å². The van der Waals surface area contributed by atoms with Crippen LogP contribution in [0.1, 0.15) is 47.6 Å². The normalized spacial score (nSPS) is 11.0. The molecule has 0 bridgehead atoms. The van der Waals surface area contributed by atoms with Crippen LogP contribution in [0.5, 0.6) is 5.75 Å². The maximum Gasteiger partial charge on any atom is 0.124 e. The third-order valence-corrected chi connectivity index (χ3v) is 9.56. The number of hydrogen-bond donors (Lipinski definition) is 0. The monoisotopic (exact) mass is 687 g/mol. The van der Waals surface area contributed by atoms with Gasteiger partial charge in [-0.25, -0.2) is 9.98 Å². The topological polar surface area (TPSA) is 38.9 Å². The van der Waals surface area contributed by atoms with E-state index in [9.17, 15) is 0 Å². The summed E-state index contributed by atoms with van der Waals surface area (Å²) in [7, 11) is 0. The van der Waals surface area contributed by atoms with Gasteiger partial charge in [0, 0.05) is 38.6 Å². The van der Waals surface area contributed by atoms with Gasteiger partial charge in [-0.3, -0.25) is 0 Å². The molecular formula is C49H41N3O. The zero-order valence-corrected chi connectivity index (χ0v) is 29.9. The Morgan fingerprint density at radius 3 is 1.34 bits per heavy atom. The van der Waals surface area contributed by atoms with Crippen LogP contribution in [0.15, 0.2) is 192 Å². The molecule has 53 heavy (non-hydrogen) atoms. The maximum absolute atomic E-state index is 6.34. The minimum Gasteiger partial charge on any atom is -0.493 e. The van der Waals surface area contributed by atoms with E-state index in [1.54, 1.807) is 0 Å². The van der Waals surface area contributed by atoms with Crippen LogP contribution in [0.2, 0.25) is 0 Å². The summed E-state index contributed by atoms with van der Waals surface area (Å²) in [6.07, 6.45) is 2.10. The van der Waals surface area contributed by atoms with Crippen LogP contribution in [-0.2, 0) is 6.54 Å². The number of nitrogens with zero attached hydrogens (tertiary/aromatic N) is 3. The Labute approximate surface area is 311 Å². The van der Waals surface area contributed by atoms with Crippen molar-refractivity contribution in [2.45, 2.75) is 26.3 Å². The lowest BCUT2D eigenvalue weighted by atomic mass is 10.0. The number of para-hydroxylation sites is 1. The molecule has 0 aliphatic heterocycles. The predicted octanol–water partition coefficient (Wildman–Crippen LogP) is 12.4. The fourth-order valence-corrected chi connectivity index (χ4v) is 6.89. The van der Waals surface area contributed by atoms with Crippen molar-refractivity contribution in [2.75, 3.05) is 6.61 Å². The Kier molecular flexibility index (Phi) is 10.0. The van der Waals surface area contributed by atoms with Crippen LogP contribution >= 0.6 is 0 Å². The number of rotatable bonds is 12. The highest BCUT2D eigenvalue weighted by atomic mass is 16.5. The Morgan fingerprint density at radius 2 is 0.906 bits per heavy atom. The lowest BCUT2D eigenvalue weighted by Crippen LogP contribution is -2.05. The first kappa shape index (κ1) is 33.6. The molecule has 4 nitrogen and oxygen atoms in total. The second kappa shape index (κ2) is 15.8. The lowest BCUT2D eigenvalue weighted by molar-refractivity contribution is 0.306. The van der Waals surface area contributed by atoms with Gasteiger partial charge in [0.05, 0.1) is 47.0 Å². The first-order chi connectivity index (χ1) is 26.2. The minimum atomic E-state index is 0.636. The molecule has 7 aromatic carbocycles. The summed E-state index contributed by atoms with van der Waals surface area (Å²) < 4.78 is 8.75. The number of aromatic nitrogens is 1. The maximum atomic E-state index is 6.34. The van der Waals surface area contributed by atoms with Gasteiger partial charge < -0.3 is 9.30 Å². The fourth-order valence-electron chi connectivity index (χ4n) is 6.89. The number of hydrogen-bond acceptors (Lipinski definition) is 3. The smallest absolute Gasteiger partial charge is 0.124 e. The summed E-state index contributed by atoms with van der Waals surface area (Å²) in [4.78, 5) is 10.6. The van der Waals surface area contributed by atoms with Crippen LogP contribution in [0.3, 0.4) is 0 Å². The molecule has 0 unspecified atom stereocenters. The minimum absolute atomic E-state index is 0.636. The lowest BCUT2D eigenvalue weighted by Gasteiger charge is -2.14. The number of unbranched alkanes of at least 4 members (excludes halogenated alkanes) is 1. The molecule has 0 N–H and O–H groups in total. The van der Waals surface area contributed by atoms with E-state index < -0.39 is 0 Å². The van der Waals surface area contributed by atoms with E-state index in [-0.39, 0.29) is 0 Å². The zero-order chi connectivity index (χ0) is 35.8. The quantitative estimate of drug-likeness (QED) is 0.0931.